The van der Waals surface area contributed by atoms with Gasteiger partial charge in [-0.3, -0.25) is 14.2 Å². The second-order valence-corrected chi connectivity index (χ2v) is 5.44. The zero-order valence-electron chi connectivity index (χ0n) is 13.7. The van der Waals surface area contributed by atoms with E-state index in [2.05, 4.69) is 34.2 Å². The van der Waals surface area contributed by atoms with Crippen LogP contribution in [-0.2, 0) is 30.9 Å². The minimum Gasteiger partial charge on any atom is -1.00 e. The van der Waals surface area contributed by atoms with Gasteiger partial charge in [-0.2, -0.15) is 0 Å². The van der Waals surface area contributed by atoms with Gasteiger partial charge in [0.25, 0.3) is 0 Å². The van der Waals surface area contributed by atoms with Gasteiger partial charge in [0, 0.05) is 53.6 Å². The quantitative estimate of drug-likeness (QED) is 0.258. The number of nitrogens with zero attached hydrogens (tertiary/aromatic N) is 2. The second-order valence-electron chi connectivity index (χ2n) is 3.96. The Hall–Kier alpha value is -0.371. The SMILES string of the molecule is CO.CS(C)=O.O.[Cl-].[Cl-].[Cl-].[Ir+3].c1cnc2c(c1)ccc1cccnc12. The van der Waals surface area contributed by atoms with Gasteiger partial charge in [0.05, 0.1) is 11.0 Å². The van der Waals surface area contributed by atoms with E-state index in [-0.39, 0.29) is 62.8 Å². The summed E-state index contributed by atoms with van der Waals surface area (Å²) in [5, 5.41) is 9.28. The van der Waals surface area contributed by atoms with Gasteiger partial charge in [0.2, 0.25) is 0 Å². The largest absolute Gasteiger partial charge is 3.00 e. The summed E-state index contributed by atoms with van der Waals surface area (Å²) in [5.41, 5.74) is 1.95. The smallest absolute Gasteiger partial charge is 1.00 e. The van der Waals surface area contributed by atoms with E-state index in [1.54, 1.807) is 24.9 Å². The van der Waals surface area contributed by atoms with Crippen LogP contribution in [0.4, 0.5) is 0 Å². The zero-order valence-corrected chi connectivity index (χ0v) is 19.2. The molecule has 0 saturated carbocycles. The predicted molar refractivity (Wildman–Crippen MR) is 88.8 cm³/mol. The first kappa shape index (κ1) is 35.7. The number of aliphatic hydroxyl groups excluding tert-OH is 1. The van der Waals surface area contributed by atoms with E-state index in [9.17, 15) is 4.21 Å². The Morgan fingerprint density at radius 2 is 1.08 bits per heavy atom. The molecule has 3 aromatic rings. The zero-order chi connectivity index (χ0) is 15.0. The summed E-state index contributed by atoms with van der Waals surface area (Å²) < 4.78 is 9.56. The Kier molecular flexibility index (Phi) is 28.5. The van der Waals surface area contributed by atoms with Gasteiger partial charge in [0.15, 0.2) is 0 Å². The Morgan fingerprint density at radius 3 is 1.36 bits per heavy atom. The van der Waals surface area contributed by atoms with E-state index >= 15 is 0 Å². The molecule has 0 aliphatic heterocycles. The van der Waals surface area contributed by atoms with Crippen molar-refractivity contribution in [3.63, 3.8) is 0 Å². The maximum Gasteiger partial charge on any atom is 3.00 e. The molecule has 25 heavy (non-hydrogen) atoms. The molecule has 2 heterocycles. The van der Waals surface area contributed by atoms with Crippen LogP contribution in [0.25, 0.3) is 21.8 Å². The monoisotopic (exact) mass is 606 g/mol. The van der Waals surface area contributed by atoms with Gasteiger partial charge in [-0.1, -0.05) is 24.3 Å². The summed E-state index contributed by atoms with van der Waals surface area (Å²) in [5.74, 6) is 0. The molecule has 2 aromatic heterocycles. The normalized spacial score (nSPS) is 7.72. The number of hydrogen-bond donors (Lipinski definition) is 1. The molecule has 0 aliphatic rings. The summed E-state index contributed by atoms with van der Waals surface area (Å²) in [4.78, 5) is 8.69. The van der Waals surface area contributed by atoms with Crippen LogP contribution in [0.5, 0.6) is 0 Å². The van der Waals surface area contributed by atoms with Crippen LogP contribution < -0.4 is 37.2 Å². The van der Waals surface area contributed by atoms with Crippen molar-refractivity contribution >= 4 is 32.6 Å². The average Bonchev–Trinajstić information content (AvgIpc) is 2.49. The molecule has 3 rings (SSSR count). The van der Waals surface area contributed by atoms with Gasteiger partial charge in [-0.05, 0) is 12.1 Å². The number of benzene rings is 1. The Balaban J connectivity index is -0.000000109. The van der Waals surface area contributed by atoms with Gasteiger partial charge in [0.1, 0.15) is 0 Å². The van der Waals surface area contributed by atoms with Crippen molar-refractivity contribution in [2.75, 3.05) is 19.6 Å². The summed E-state index contributed by atoms with van der Waals surface area (Å²) in [6.07, 6.45) is 6.88. The Bertz CT molecular complexity index is 665. The molecule has 10 heteroatoms. The summed E-state index contributed by atoms with van der Waals surface area (Å²) >= 11 is 0. The van der Waals surface area contributed by atoms with E-state index in [0.717, 1.165) is 28.9 Å². The first-order valence-corrected chi connectivity index (χ1v) is 7.93. The van der Waals surface area contributed by atoms with Crippen molar-refractivity contribution in [2.24, 2.45) is 0 Å². The molecule has 0 spiro atoms. The van der Waals surface area contributed by atoms with Crippen LogP contribution in [0.3, 0.4) is 0 Å². The van der Waals surface area contributed by atoms with Crippen LogP contribution in [0, 0.1) is 0 Å². The molecule has 0 unspecified atom stereocenters. The van der Waals surface area contributed by atoms with Crippen molar-refractivity contribution in [2.45, 2.75) is 0 Å². The molecule has 0 radical (unpaired) electrons. The first-order valence-electron chi connectivity index (χ1n) is 5.97. The molecule has 0 atom stereocenters. The van der Waals surface area contributed by atoms with Crippen molar-refractivity contribution < 1.29 is 72.1 Å². The van der Waals surface area contributed by atoms with Crippen molar-refractivity contribution in [3.05, 3.63) is 48.8 Å². The molecule has 0 fully saturated rings. The predicted octanol–water partition coefficient (Wildman–Crippen LogP) is -7.43. The summed E-state index contributed by atoms with van der Waals surface area (Å²) in [6, 6.07) is 12.1. The number of fused-ring (bicyclic) bond motifs is 3. The van der Waals surface area contributed by atoms with Crippen molar-refractivity contribution in [3.8, 4) is 0 Å². The number of hydrogen-bond acceptors (Lipinski definition) is 4. The fourth-order valence-corrected chi connectivity index (χ4v) is 1.68. The maximum atomic E-state index is 9.56. The molecule has 5 nitrogen and oxygen atoms in total. The van der Waals surface area contributed by atoms with Crippen LogP contribution in [-0.4, -0.2) is 44.4 Å². The van der Waals surface area contributed by atoms with Gasteiger partial charge in [-0.25, -0.2) is 0 Å². The van der Waals surface area contributed by atoms with Gasteiger partial charge in [-0.15, -0.1) is 0 Å². The molecular formula is C15H20Cl3IrN2O3S. The number of aromatic nitrogens is 2. The minimum atomic E-state index is -0.611. The average molecular weight is 607 g/mol. The van der Waals surface area contributed by atoms with Crippen LogP contribution >= 0.6 is 0 Å². The van der Waals surface area contributed by atoms with Gasteiger partial charge >= 0.3 is 20.1 Å². The van der Waals surface area contributed by atoms with E-state index in [0.29, 0.717) is 0 Å². The van der Waals surface area contributed by atoms with Gasteiger partial charge < -0.3 is 47.8 Å². The number of pyridine rings is 2. The first-order chi connectivity index (χ1) is 9.68. The number of halogens is 3. The maximum absolute atomic E-state index is 9.56. The molecule has 0 amide bonds. The van der Waals surface area contributed by atoms with E-state index in [4.69, 9.17) is 5.11 Å². The number of aliphatic hydroxyl groups is 1. The Labute approximate surface area is 182 Å². The van der Waals surface area contributed by atoms with Crippen LogP contribution in [0.1, 0.15) is 0 Å². The third-order valence-corrected chi connectivity index (χ3v) is 2.34. The van der Waals surface area contributed by atoms with Crippen LogP contribution in [0.15, 0.2) is 48.8 Å². The molecule has 0 saturated heterocycles. The fraction of sp³-hybridized carbons (Fsp3) is 0.200. The molecule has 0 bridgehead atoms. The Morgan fingerprint density at radius 1 is 0.800 bits per heavy atom. The summed E-state index contributed by atoms with van der Waals surface area (Å²) in [6.45, 7) is 0. The van der Waals surface area contributed by atoms with E-state index in [1.165, 1.54) is 0 Å². The third kappa shape index (κ3) is 11.8. The molecule has 0 aliphatic carbocycles. The number of rotatable bonds is 0. The van der Waals surface area contributed by atoms with Crippen LogP contribution in [0.2, 0.25) is 0 Å². The molecule has 1 aromatic carbocycles. The minimum absolute atomic E-state index is 0. The van der Waals surface area contributed by atoms with E-state index in [1.807, 2.05) is 12.1 Å². The second kappa shape index (κ2) is 19.9. The van der Waals surface area contributed by atoms with E-state index < -0.39 is 10.8 Å². The van der Waals surface area contributed by atoms with Crippen molar-refractivity contribution in [1.82, 2.24) is 9.97 Å². The molecular weight excluding hydrogens is 587 g/mol. The standard InChI is InChI=1S/C12H8N2.C2H6OS.CH4O.3ClH.Ir.H2O/c1-3-9-5-6-10-4-2-8-14-12(10)11(9)13-7-1;1-4(2)3;1-2;;;;;/h1-8H;1-2H3;2H,1H3;3*1H;;1H2/q;;;;;;+3;/p-3. The fourth-order valence-electron chi connectivity index (χ4n) is 1.68. The van der Waals surface area contributed by atoms with Crippen molar-refractivity contribution in [1.29, 1.82) is 0 Å². The third-order valence-electron chi connectivity index (χ3n) is 2.34. The molecule has 144 valence electrons. The summed E-state index contributed by atoms with van der Waals surface area (Å²) in [7, 11) is 0.389. The topological polar surface area (TPSA) is 94.6 Å². The molecule has 3 N–H and O–H groups in total.